The molecule has 0 radical (unpaired) electrons. The molecule has 96 valence electrons. The van der Waals surface area contributed by atoms with Crippen LogP contribution >= 0.6 is 15.9 Å². The summed E-state index contributed by atoms with van der Waals surface area (Å²) in [6.07, 6.45) is 0. The normalized spacial score (nSPS) is 18.5. The van der Waals surface area contributed by atoms with Gasteiger partial charge in [-0.25, -0.2) is 4.39 Å². The lowest BCUT2D eigenvalue weighted by Gasteiger charge is -2.10. The summed E-state index contributed by atoms with van der Waals surface area (Å²) in [6.45, 7) is 0. The molecule has 0 N–H and O–H groups in total. The van der Waals surface area contributed by atoms with Crippen molar-refractivity contribution < 1.29 is 18.1 Å². The molecule has 0 spiro atoms. The fourth-order valence-corrected chi connectivity index (χ4v) is 2.50. The van der Waals surface area contributed by atoms with Gasteiger partial charge in [0.15, 0.2) is 0 Å². The zero-order chi connectivity index (χ0) is 22.4. The summed E-state index contributed by atoms with van der Waals surface area (Å²) in [5.74, 6) is -1.11. The Morgan fingerprint density at radius 2 is 1.10 bits per heavy atom. The first-order valence-corrected chi connectivity index (χ1v) is 6.42. The second kappa shape index (κ2) is 4.29. The van der Waals surface area contributed by atoms with E-state index in [1.165, 1.54) is 0 Å². The number of rotatable bonds is 0. The fraction of sp³-hybridized carbons (Fsp3) is 0. The maximum atomic E-state index is 14.7. The van der Waals surface area contributed by atoms with Gasteiger partial charge in [-0.3, -0.25) is 0 Å². The lowest BCUT2D eigenvalue weighted by atomic mass is 9.94. The first kappa shape index (κ1) is 5.45. The third-order valence-electron chi connectivity index (χ3n) is 3.04. The van der Waals surface area contributed by atoms with Gasteiger partial charge >= 0.3 is 0 Å². The largest absolute Gasteiger partial charge is 0.206 e. The van der Waals surface area contributed by atoms with Gasteiger partial charge in [0.05, 0.1) is 18.2 Å². The Bertz CT molecular complexity index is 1150. The molecule has 4 aromatic rings. The lowest BCUT2D eigenvalue weighted by Crippen LogP contribution is -1.85. The first-order chi connectivity index (χ1) is 13.9. The average Bonchev–Trinajstić information content (AvgIpc) is 2.73. The molecule has 2 heteroatoms. The van der Waals surface area contributed by atoms with Crippen molar-refractivity contribution in [1.82, 2.24) is 0 Å². The van der Waals surface area contributed by atoms with Crippen LogP contribution in [0.25, 0.3) is 32.3 Å². The van der Waals surface area contributed by atoms with Crippen molar-refractivity contribution in [3.8, 4) is 0 Å². The summed E-state index contributed by atoms with van der Waals surface area (Å²) in [6, 6.07) is -5.96. The SMILES string of the molecule is [2H]c1c([2H])c([2H])c2c(c1[2H])c1c([2H])c([2H])c([2H])c([2H])c1c1c([2H])c(Br)c(F)c([2H])c21. The zero-order valence-corrected chi connectivity index (χ0v) is 11.3. The molecule has 0 fully saturated rings. The van der Waals surface area contributed by atoms with Gasteiger partial charge in [0, 0.05) is 0 Å². The van der Waals surface area contributed by atoms with Crippen LogP contribution in [-0.4, -0.2) is 0 Å². The molecule has 0 amide bonds. The third kappa shape index (κ3) is 1.58. The Morgan fingerprint density at radius 3 is 1.60 bits per heavy atom. The third-order valence-corrected chi connectivity index (χ3v) is 3.58. The highest BCUT2D eigenvalue weighted by atomic mass is 79.9. The van der Waals surface area contributed by atoms with Crippen molar-refractivity contribution in [3.05, 3.63) is 70.7 Å². The van der Waals surface area contributed by atoms with E-state index in [0.717, 1.165) is 0 Å². The predicted octanol–water partition coefficient (Wildman–Crippen LogP) is 6.05. The minimum absolute atomic E-state index is 0.187. The molecule has 0 bridgehead atoms. The van der Waals surface area contributed by atoms with Crippen LogP contribution in [0.3, 0.4) is 0 Å². The summed E-state index contributed by atoms with van der Waals surface area (Å²) < 4.78 is 96.3. The van der Waals surface area contributed by atoms with Crippen LogP contribution in [0, 0.1) is 5.82 Å². The van der Waals surface area contributed by atoms with Crippen molar-refractivity contribution in [1.29, 1.82) is 0 Å². The molecule has 0 aromatic heterocycles. The van der Waals surface area contributed by atoms with Gasteiger partial charge in [-0.15, -0.1) is 0 Å². The Labute approximate surface area is 138 Å². The van der Waals surface area contributed by atoms with E-state index < -0.39 is 66.2 Å². The predicted molar refractivity (Wildman–Crippen MR) is 86.6 cm³/mol. The van der Waals surface area contributed by atoms with E-state index in [1.54, 1.807) is 0 Å². The summed E-state index contributed by atoms with van der Waals surface area (Å²) >= 11 is 2.91. The minimum Gasteiger partial charge on any atom is -0.206 e. The Hall–Kier alpha value is -1.93. The molecule has 0 heterocycles. The fourth-order valence-electron chi connectivity index (χ4n) is 2.20. The molecule has 0 aliphatic carbocycles. The molecular formula is C18H10BrF. The summed E-state index contributed by atoms with van der Waals surface area (Å²) in [5, 5.41) is -1.41. The summed E-state index contributed by atoms with van der Waals surface area (Å²) in [4.78, 5) is 0. The van der Waals surface area contributed by atoms with Gasteiger partial charge in [0.25, 0.3) is 0 Å². The van der Waals surface area contributed by atoms with E-state index in [4.69, 9.17) is 13.7 Å². The molecule has 4 aromatic carbocycles. The van der Waals surface area contributed by atoms with Crippen LogP contribution < -0.4 is 0 Å². The molecule has 0 saturated carbocycles. The van der Waals surface area contributed by atoms with E-state index in [9.17, 15) is 4.39 Å². The first-order valence-electron chi connectivity index (χ1n) is 10.6. The van der Waals surface area contributed by atoms with Crippen LogP contribution in [-0.2, 0) is 0 Å². The Kier molecular flexibility index (Phi) is 1.17. The Morgan fingerprint density at radius 1 is 0.700 bits per heavy atom. The summed E-state index contributed by atoms with van der Waals surface area (Å²) in [7, 11) is 0. The summed E-state index contributed by atoms with van der Waals surface area (Å²) in [5.41, 5.74) is 0. The van der Waals surface area contributed by atoms with Crippen LogP contribution in [0.4, 0.5) is 4.39 Å². The molecule has 0 atom stereocenters. The smallest absolute Gasteiger partial charge is 0.138 e. The van der Waals surface area contributed by atoms with Crippen LogP contribution in [0.2, 0.25) is 0 Å². The number of halogens is 2. The van der Waals surface area contributed by atoms with Crippen LogP contribution in [0.5, 0.6) is 0 Å². The minimum atomic E-state index is -1.11. The molecular weight excluding hydrogens is 315 g/mol. The molecule has 0 unspecified atom stereocenters. The highest BCUT2D eigenvalue weighted by Gasteiger charge is 2.10. The highest BCUT2D eigenvalue weighted by molar-refractivity contribution is 9.10. The van der Waals surface area contributed by atoms with Gasteiger partial charge in [-0.2, -0.15) is 0 Å². The van der Waals surface area contributed by atoms with Gasteiger partial charge in [0.1, 0.15) is 5.82 Å². The molecule has 0 aliphatic heterocycles. The average molecular weight is 335 g/mol. The lowest BCUT2D eigenvalue weighted by molar-refractivity contribution is 0.623. The number of hydrogen-bond donors (Lipinski definition) is 0. The molecule has 0 nitrogen and oxygen atoms in total. The number of benzene rings is 4. The van der Waals surface area contributed by atoms with Crippen LogP contribution in [0.15, 0.2) is 64.9 Å². The van der Waals surface area contributed by atoms with E-state index in [0.29, 0.717) is 0 Å². The van der Waals surface area contributed by atoms with Gasteiger partial charge < -0.3 is 0 Å². The molecule has 0 saturated heterocycles. The van der Waals surface area contributed by atoms with E-state index in [1.807, 2.05) is 0 Å². The molecule has 4 rings (SSSR count). The van der Waals surface area contributed by atoms with Crippen molar-refractivity contribution in [2.75, 3.05) is 0 Å². The number of hydrogen-bond acceptors (Lipinski definition) is 0. The zero-order valence-electron chi connectivity index (χ0n) is 19.8. The van der Waals surface area contributed by atoms with E-state index >= 15 is 0 Å². The second-order valence-corrected chi connectivity index (χ2v) is 4.92. The van der Waals surface area contributed by atoms with E-state index in [2.05, 4.69) is 15.9 Å². The quantitative estimate of drug-likeness (QED) is 0.343. The van der Waals surface area contributed by atoms with Crippen LogP contribution in [0.1, 0.15) is 13.7 Å². The Balaban J connectivity index is 2.66. The van der Waals surface area contributed by atoms with Gasteiger partial charge in [-0.05, 0) is 60.3 Å². The van der Waals surface area contributed by atoms with Crippen molar-refractivity contribution in [3.63, 3.8) is 0 Å². The topological polar surface area (TPSA) is 0 Å². The van der Waals surface area contributed by atoms with Crippen molar-refractivity contribution >= 4 is 48.2 Å². The van der Waals surface area contributed by atoms with Crippen molar-refractivity contribution in [2.45, 2.75) is 0 Å². The second-order valence-electron chi connectivity index (χ2n) is 4.13. The monoisotopic (exact) mass is 334 g/mol. The molecule has 20 heavy (non-hydrogen) atoms. The maximum Gasteiger partial charge on any atom is 0.138 e. The van der Waals surface area contributed by atoms with Gasteiger partial charge in [0.2, 0.25) is 0 Å². The molecule has 0 aliphatic rings. The highest BCUT2D eigenvalue weighted by Crippen LogP contribution is 2.36. The maximum absolute atomic E-state index is 14.7. The van der Waals surface area contributed by atoms with Crippen molar-refractivity contribution in [2.24, 2.45) is 0 Å². The van der Waals surface area contributed by atoms with Gasteiger partial charge in [-0.1, -0.05) is 48.3 Å². The standard InChI is InChI=1S/C18H10BrF/c19-17-9-15-13-7-3-1-5-11(13)12-6-2-4-8-14(12)16(15)10-18(17)20/h1-10H/i1D,2D,3D,4D,5D,6D,7D,8D,9D,10D. The van der Waals surface area contributed by atoms with E-state index in [-0.39, 0.29) is 36.8 Å². The number of fused-ring (bicyclic) bond motifs is 6.